The lowest BCUT2D eigenvalue weighted by atomic mass is 10.1. The quantitative estimate of drug-likeness (QED) is 0.245. The molecule has 0 bridgehead atoms. The number of carbonyl (C=O) groups excluding carboxylic acids is 2. The molecule has 1 heterocycles. The van der Waals surface area contributed by atoms with E-state index in [9.17, 15) is 31.2 Å². The molecule has 0 fully saturated rings. The van der Waals surface area contributed by atoms with Crippen molar-refractivity contribution in [3.63, 3.8) is 0 Å². The van der Waals surface area contributed by atoms with Crippen LogP contribution in [-0.4, -0.2) is 58.1 Å². The summed E-state index contributed by atoms with van der Waals surface area (Å²) in [4.78, 5) is 27.3. The van der Waals surface area contributed by atoms with E-state index in [4.69, 9.17) is 9.47 Å². The highest BCUT2D eigenvalue weighted by molar-refractivity contribution is 7.92. The van der Waals surface area contributed by atoms with Gasteiger partial charge in [-0.3, -0.25) is 9.78 Å². The van der Waals surface area contributed by atoms with Crippen LogP contribution in [0.3, 0.4) is 0 Å². The third-order valence-corrected chi connectivity index (χ3v) is 7.02. The van der Waals surface area contributed by atoms with Gasteiger partial charge in [0.15, 0.2) is 0 Å². The smallest absolute Gasteiger partial charge is 0.490 e. The van der Waals surface area contributed by atoms with Crippen LogP contribution in [0.1, 0.15) is 21.6 Å². The molecule has 1 aromatic heterocycles. The van der Waals surface area contributed by atoms with Crippen molar-refractivity contribution in [2.24, 2.45) is 0 Å². The number of halogens is 3. The Kier molecular flexibility index (Phi) is 10.1. The molecular formula is C26H28F3N5O6S. The van der Waals surface area contributed by atoms with Crippen molar-refractivity contribution in [2.45, 2.75) is 23.9 Å². The normalized spacial score (nSPS) is 11.5. The minimum Gasteiger partial charge on any atom is -0.490 e. The third-order valence-electron chi connectivity index (χ3n) is 5.54. The molecule has 0 saturated heterocycles. The number of alkyl halides is 3. The Hall–Kier alpha value is -4.37. The fraction of sp³-hybridized carbons (Fsp3) is 0.269. The Morgan fingerprint density at radius 2 is 1.73 bits per heavy atom. The van der Waals surface area contributed by atoms with Crippen molar-refractivity contribution in [3.05, 3.63) is 71.5 Å². The summed E-state index contributed by atoms with van der Waals surface area (Å²) in [6, 6.07) is 9.89. The van der Waals surface area contributed by atoms with E-state index in [1.807, 2.05) is 0 Å². The molecule has 0 spiro atoms. The first-order chi connectivity index (χ1) is 19.3. The number of pyridine rings is 1. The number of aromatic nitrogens is 1. The number of nitrogens with one attached hydrogen (secondary N) is 4. The molecule has 0 aliphatic heterocycles. The van der Waals surface area contributed by atoms with E-state index >= 15 is 0 Å². The Bertz CT molecular complexity index is 1520. The molecule has 0 radical (unpaired) electrons. The number of amides is 3. The van der Waals surface area contributed by atoms with Gasteiger partial charge in [-0.1, -0.05) is 12.1 Å². The molecule has 11 nitrogen and oxygen atoms in total. The van der Waals surface area contributed by atoms with Gasteiger partial charge in [0, 0.05) is 32.4 Å². The number of aryl methyl sites for hydroxylation is 1. The lowest BCUT2D eigenvalue weighted by Gasteiger charge is -2.16. The van der Waals surface area contributed by atoms with Crippen molar-refractivity contribution in [2.75, 3.05) is 32.6 Å². The Morgan fingerprint density at radius 3 is 2.39 bits per heavy atom. The van der Waals surface area contributed by atoms with Crippen LogP contribution in [0.15, 0.2) is 59.6 Å². The number of benzene rings is 2. The number of anilines is 1. The van der Waals surface area contributed by atoms with Gasteiger partial charge in [0.05, 0.1) is 10.6 Å². The zero-order valence-corrected chi connectivity index (χ0v) is 23.1. The summed E-state index contributed by atoms with van der Waals surface area (Å²) < 4.78 is 74.3. The third kappa shape index (κ3) is 8.08. The van der Waals surface area contributed by atoms with Crippen LogP contribution >= 0.6 is 0 Å². The molecule has 220 valence electrons. The lowest BCUT2D eigenvalue weighted by Crippen LogP contribution is -2.29. The number of ether oxygens (including phenoxy) is 2. The van der Waals surface area contributed by atoms with Crippen LogP contribution < -0.4 is 30.7 Å². The molecule has 2 aromatic carbocycles. The molecule has 3 aromatic rings. The van der Waals surface area contributed by atoms with Crippen LogP contribution in [0.25, 0.3) is 0 Å². The van der Waals surface area contributed by atoms with Gasteiger partial charge in [-0.25, -0.2) is 13.2 Å². The Labute approximate surface area is 234 Å². The van der Waals surface area contributed by atoms with Gasteiger partial charge in [0.25, 0.3) is 15.7 Å². The van der Waals surface area contributed by atoms with E-state index in [0.29, 0.717) is 35.2 Å². The summed E-state index contributed by atoms with van der Waals surface area (Å²) in [7, 11) is -2.49. The van der Waals surface area contributed by atoms with Gasteiger partial charge in [-0.05, 0) is 55.4 Å². The number of nitrogens with zero attached hydrogens (tertiary/aromatic N) is 1. The van der Waals surface area contributed by atoms with E-state index < -0.39 is 26.3 Å². The van der Waals surface area contributed by atoms with Crippen molar-refractivity contribution in [1.82, 2.24) is 20.9 Å². The summed E-state index contributed by atoms with van der Waals surface area (Å²) in [5.41, 5.74) is -4.19. The van der Waals surface area contributed by atoms with Crippen LogP contribution in [0.4, 0.5) is 23.7 Å². The molecular weight excluding hydrogens is 567 g/mol. The van der Waals surface area contributed by atoms with Crippen LogP contribution in [0.5, 0.6) is 17.2 Å². The summed E-state index contributed by atoms with van der Waals surface area (Å²) >= 11 is 0. The molecule has 3 amide bonds. The lowest BCUT2D eigenvalue weighted by molar-refractivity contribution is -0.0436. The molecule has 3 rings (SSSR count). The molecule has 4 N–H and O–H groups in total. The Morgan fingerprint density at radius 1 is 1.00 bits per heavy atom. The number of carbonyl (C=O) groups is 2. The van der Waals surface area contributed by atoms with Crippen LogP contribution in [-0.2, 0) is 16.4 Å². The molecule has 0 saturated carbocycles. The SMILES string of the molecule is CNCCOc1ccc(S(=O)(=O)C(F)(F)F)cc1NC(=O)NCc1ccc(Oc2ccnc(C(=O)NC)c2)c(C)c1. The van der Waals surface area contributed by atoms with Crippen molar-refractivity contribution in [3.8, 4) is 17.2 Å². The standard InChI is InChI=1S/C26H28F3N5O6S/c1-16-12-17(4-6-22(16)40-18-8-9-32-21(13-18)24(35)31-3)15-33-25(36)34-20-14-19(41(37,38)26(27,28)29)5-7-23(20)39-11-10-30-2/h4-9,12-14,30H,10-11,15H2,1-3H3,(H,31,35)(H2,33,34,36). The second kappa shape index (κ2) is 13.3. The van der Waals surface area contributed by atoms with Gasteiger partial charge in [0.2, 0.25) is 0 Å². The number of likely N-dealkylation sites (N-methyl/N-ethyl adjacent to an activating group) is 1. The van der Waals surface area contributed by atoms with Crippen LogP contribution in [0, 0.1) is 6.92 Å². The summed E-state index contributed by atoms with van der Waals surface area (Å²) in [5, 5.41) is 10.2. The topological polar surface area (TPSA) is 148 Å². The highest BCUT2D eigenvalue weighted by atomic mass is 32.2. The number of hydrogen-bond donors (Lipinski definition) is 4. The van der Waals surface area contributed by atoms with Crippen molar-refractivity contribution < 1.29 is 40.7 Å². The second-order valence-electron chi connectivity index (χ2n) is 8.52. The summed E-state index contributed by atoms with van der Waals surface area (Å²) in [6.07, 6.45) is 1.44. The fourth-order valence-corrected chi connectivity index (χ4v) is 4.22. The van der Waals surface area contributed by atoms with Gasteiger partial charge >= 0.3 is 11.5 Å². The first-order valence-electron chi connectivity index (χ1n) is 12.1. The van der Waals surface area contributed by atoms with Crippen molar-refractivity contribution in [1.29, 1.82) is 0 Å². The maximum atomic E-state index is 13.1. The predicted molar refractivity (Wildman–Crippen MR) is 144 cm³/mol. The van der Waals surface area contributed by atoms with E-state index in [0.717, 1.165) is 12.1 Å². The van der Waals surface area contributed by atoms with E-state index in [1.165, 1.54) is 19.3 Å². The zero-order chi connectivity index (χ0) is 30.2. The molecule has 0 unspecified atom stereocenters. The molecule has 15 heteroatoms. The molecule has 0 atom stereocenters. The van der Waals surface area contributed by atoms with Gasteiger partial charge in [-0.2, -0.15) is 13.2 Å². The predicted octanol–water partition coefficient (Wildman–Crippen LogP) is 3.76. The van der Waals surface area contributed by atoms with Gasteiger partial charge in [-0.15, -0.1) is 0 Å². The second-order valence-corrected chi connectivity index (χ2v) is 10.5. The first-order valence-corrected chi connectivity index (χ1v) is 13.6. The monoisotopic (exact) mass is 595 g/mol. The summed E-state index contributed by atoms with van der Waals surface area (Å²) in [5.74, 6) is 0.523. The highest BCUT2D eigenvalue weighted by Gasteiger charge is 2.47. The Balaban J connectivity index is 1.71. The average molecular weight is 596 g/mol. The number of sulfone groups is 1. The fourth-order valence-electron chi connectivity index (χ4n) is 3.44. The largest absolute Gasteiger partial charge is 0.501 e. The average Bonchev–Trinajstić information content (AvgIpc) is 2.93. The van der Waals surface area contributed by atoms with E-state index in [-0.39, 0.29) is 36.2 Å². The minimum atomic E-state index is -5.65. The maximum Gasteiger partial charge on any atom is 0.501 e. The van der Waals surface area contributed by atoms with E-state index in [1.54, 1.807) is 38.2 Å². The maximum absolute atomic E-state index is 13.1. The minimum absolute atomic E-state index is 0.00967. The molecule has 0 aliphatic rings. The summed E-state index contributed by atoms with van der Waals surface area (Å²) in [6.45, 7) is 2.31. The van der Waals surface area contributed by atoms with Gasteiger partial charge < -0.3 is 30.7 Å². The zero-order valence-electron chi connectivity index (χ0n) is 22.3. The molecule has 0 aliphatic carbocycles. The van der Waals surface area contributed by atoms with Crippen molar-refractivity contribution >= 4 is 27.5 Å². The number of urea groups is 1. The highest BCUT2D eigenvalue weighted by Crippen LogP contribution is 2.35. The number of hydrogen-bond acceptors (Lipinski definition) is 8. The first kappa shape index (κ1) is 31.2. The van der Waals surface area contributed by atoms with Crippen LogP contribution in [0.2, 0.25) is 0 Å². The molecule has 41 heavy (non-hydrogen) atoms. The van der Waals surface area contributed by atoms with E-state index in [2.05, 4.69) is 26.3 Å². The van der Waals surface area contributed by atoms with Gasteiger partial charge in [0.1, 0.15) is 29.5 Å². The number of rotatable bonds is 11.